The van der Waals surface area contributed by atoms with Gasteiger partial charge in [0, 0.05) is 42.5 Å². The Morgan fingerprint density at radius 3 is 2.29 bits per heavy atom. The fraction of sp³-hybridized carbons (Fsp3) is 0.562. The molecule has 2 amide bonds. The maximum Gasteiger partial charge on any atom is 0.227 e. The van der Waals surface area contributed by atoms with Crippen LogP contribution in [0.1, 0.15) is 33.6 Å². The molecule has 0 atom stereocenters. The zero-order valence-electron chi connectivity index (χ0n) is 12.9. The van der Waals surface area contributed by atoms with E-state index in [-0.39, 0.29) is 23.1 Å². The van der Waals surface area contributed by atoms with E-state index < -0.39 is 0 Å². The third-order valence-electron chi connectivity index (χ3n) is 3.74. The van der Waals surface area contributed by atoms with Crippen LogP contribution in [-0.2, 0) is 9.59 Å². The molecule has 5 heteroatoms. The van der Waals surface area contributed by atoms with E-state index in [4.69, 9.17) is 0 Å². The quantitative estimate of drug-likeness (QED) is 0.908. The van der Waals surface area contributed by atoms with Crippen molar-refractivity contribution in [1.29, 1.82) is 0 Å². The highest BCUT2D eigenvalue weighted by molar-refractivity contribution is 5.92. The van der Waals surface area contributed by atoms with E-state index in [0.29, 0.717) is 13.1 Å². The number of piperidine rings is 1. The van der Waals surface area contributed by atoms with Gasteiger partial charge >= 0.3 is 0 Å². The summed E-state index contributed by atoms with van der Waals surface area (Å²) in [5.41, 5.74) is 0.412. The first-order valence-electron chi connectivity index (χ1n) is 7.38. The minimum atomic E-state index is -0.355. The number of amides is 2. The Morgan fingerprint density at radius 2 is 1.76 bits per heavy atom. The van der Waals surface area contributed by atoms with E-state index in [2.05, 4.69) is 10.3 Å². The second kappa shape index (κ2) is 6.24. The summed E-state index contributed by atoms with van der Waals surface area (Å²) in [7, 11) is 0. The molecule has 1 saturated heterocycles. The fourth-order valence-corrected chi connectivity index (χ4v) is 2.50. The van der Waals surface area contributed by atoms with Gasteiger partial charge in [-0.15, -0.1) is 0 Å². The molecule has 0 saturated carbocycles. The Balaban J connectivity index is 1.86. The number of rotatable bonds is 2. The first-order valence-corrected chi connectivity index (χ1v) is 7.38. The van der Waals surface area contributed by atoms with E-state index in [1.165, 1.54) is 0 Å². The smallest absolute Gasteiger partial charge is 0.227 e. The predicted octanol–water partition coefficient (Wildman–Crippen LogP) is 2.30. The number of pyridine rings is 1. The van der Waals surface area contributed by atoms with Gasteiger partial charge in [0.2, 0.25) is 11.8 Å². The summed E-state index contributed by atoms with van der Waals surface area (Å²) >= 11 is 0. The highest BCUT2D eigenvalue weighted by Gasteiger charge is 2.32. The lowest BCUT2D eigenvalue weighted by Gasteiger charge is -2.35. The molecule has 21 heavy (non-hydrogen) atoms. The minimum absolute atomic E-state index is 0.0258. The highest BCUT2D eigenvalue weighted by atomic mass is 16.2. The van der Waals surface area contributed by atoms with Crippen molar-refractivity contribution in [2.75, 3.05) is 18.4 Å². The summed E-state index contributed by atoms with van der Waals surface area (Å²) in [4.78, 5) is 30.2. The molecule has 1 aromatic rings. The molecule has 1 aliphatic rings. The molecule has 2 rings (SSSR count). The van der Waals surface area contributed by atoms with Gasteiger partial charge in [0.1, 0.15) is 0 Å². The number of carbonyl (C=O) groups excluding carboxylic acids is 2. The lowest BCUT2D eigenvalue weighted by molar-refractivity contribution is -0.142. The van der Waals surface area contributed by atoms with E-state index in [1.807, 2.05) is 25.7 Å². The molecule has 2 heterocycles. The van der Waals surface area contributed by atoms with Gasteiger partial charge in [0.15, 0.2) is 0 Å². The van der Waals surface area contributed by atoms with Crippen LogP contribution in [0.15, 0.2) is 24.5 Å². The summed E-state index contributed by atoms with van der Waals surface area (Å²) < 4.78 is 0. The lowest BCUT2D eigenvalue weighted by Crippen LogP contribution is -2.45. The number of carbonyl (C=O) groups is 2. The van der Waals surface area contributed by atoms with Gasteiger partial charge in [-0.3, -0.25) is 14.6 Å². The van der Waals surface area contributed by atoms with Crippen LogP contribution in [0.5, 0.6) is 0 Å². The Kier molecular flexibility index (Phi) is 4.60. The molecule has 0 bridgehead atoms. The van der Waals surface area contributed by atoms with E-state index >= 15 is 0 Å². The molecule has 0 spiro atoms. The predicted molar refractivity (Wildman–Crippen MR) is 81.6 cm³/mol. The minimum Gasteiger partial charge on any atom is -0.342 e. The first-order chi connectivity index (χ1) is 9.88. The van der Waals surface area contributed by atoms with Gasteiger partial charge < -0.3 is 10.2 Å². The first kappa shape index (κ1) is 15.5. The zero-order chi connectivity index (χ0) is 15.5. The van der Waals surface area contributed by atoms with Crippen molar-refractivity contribution in [1.82, 2.24) is 9.88 Å². The molecule has 1 aromatic heterocycles. The van der Waals surface area contributed by atoms with Crippen LogP contribution < -0.4 is 5.32 Å². The normalized spacial score (nSPS) is 16.6. The Morgan fingerprint density at radius 1 is 1.19 bits per heavy atom. The summed E-state index contributed by atoms with van der Waals surface area (Å²) in [6.45, 7) is 7.10. The van der Waals surface area contributed by atoms with Crippen molar-refractivity contribution in [2.24, 2.45) is 11.3 Å². The maximum atomic E-state index is 12.2. The SMILES string of the molecule is CC(C)(C)C(=O)N1CCC(C(=O)Nc2ccncc2)CC1. The van der Waals surface area contributed by atoms with Crippen LogP contribution in [0.3, 0.4) is 0 Å². The third kappa shape index (κ3) is 4.03. The van der Waals surface area contributed by atoms with Crippen molar-refractivity contribution in [3.63, 3.8) is 0 Å². The number of nitrogens with one attached hydrogen (secondary N) is 1. The van der Waals surface area contributed by atoms with Gasteiger partial charge in [-0.2, -0.15) is 0 Å². The van der Waals surface area contributed by atoms with Crippen LogP contribution in [-0.4, -0.2) is 34.8 Å². The maximum absolute atomic E-state index is 12.2. The molecule has 0 unspecified atom stereocenters. The molecule has 0 radical (unpaired) electrons. The van der Waals surface area contributed by atoms with Gasteiger partial charge in [0.25, 0.3) is 0 Å². The number of hydrogen-bond acceptors (Lipinski definition) is 3. The van der Waals surface area contributed by atoms with Crippen molar-refractivity contribution in [3.8, 4) is 0 Å². The van der Waals surface area contributed by atoms with E-state index in [0.717, 1.165) is 18.5 Å². The summed E-state index contributed by atoms with van der Waals surface area (Å²) in [6, 6.07) is 3.55. The summed E-state index contributed by atoms with van der Waals surface area (Å²) in [5.74, 6) is 0.168. The van der Waals surface area contributed by atoms with Crippen molar-refractivity contribution in [2.45, 2.75) is 33.6 Å². The largest absolute Gasteiger partial charge is 0.342 e. The highest BCUT2D eigenvalue weighted by Crippen LogP contribution is 2.24. The summed E-state index contributed by atoms with van der Waals surface area (Å²) in [6.07, 6.45) is 4.75. The molecule has 114 valence electrons. The molecule has 1 N–H and O–H groups in total. The Bertz CT molecular complexity index is 500. The lowest BCUT2D eigenvalue weighted by atomic mass is 9.90. The zero-order valence-corrected chi connectivity index (χ0v) is 12.9. The Hall–Kier alpha value is -1.91. The monoisotopic (exact) mass is 289 g/mol. The van der Waals surface area contributed by atoms with Gasteiger partial charge in [-0.05, 0) is 25.0 Å². The molecule has 1 fully saturated rings. The summed E-state index contributed by atoms with van der Waals surface area (Å²) in [5, 5.41) is 2.90. The standard InChI is InChI=1S/C16H23N3O2/c1-16(2,3)15(21)19-10-6-12(7-11-19)14(20)18-13-4-8-17-9-5-13/h4-5,8-9,12H,6-7,10-11H2,1-3H3,(H,17,18,20). The molecule has 0 aromatic carbocycles. The number of hydrogen-bond donors (Lipinski definition) is 1. The molecular weight excluding hydrogens is 266 g/mol. The molecular formula is C16H23N3O2. The van der Waals surface area contributed by atoms with Crippen molar-refractivity contribution in [3.05, 3.63) is 24.5 Å². The van der Waals surface area contributed by atoms with Gasteiger partial charge in [0.05, 0.1) is 0 Å². The van der Waals surface area contributed by atoms with Gasteiger partial charge in [-0.1, -0.05) is 20.8 Å². The van der Waals surface area contributed by atoms with Crippen LogP contribution in [0.2, 0.25) is 0 Å². The average molecular weight is 289 g/mol. The van der Waals surface area contributed by atoms with Crippen LogP contribution in [0.4, 0.5) is 5.69 Å². The number of nitrogens with zero attached hydrogens (tertiary/aromatic N) is 2. The fourth-order valence-electron chi connectivity index (χ4n) is 2.50. The van der Waals surface area contributed by atoms with E-state index in [9.17, 15) is 9.59 Å². The molecule has 0 aliphatic carbocycles. The topological polar surface area (TPSA) is 62.3 Å². The molecule has 1 aliphatic heterocycles. The van der Waals surface area contributed by atoms with Crippen LogP contribution in [0, 0.1) is 11.3 Å². The third-order valence-corrected chi connectivity index (χ3v) is 3.74. The van der Waals surface area contributed by atoms with E-state index in [1.54, 1.807) is 24.5 Å². The van der Waals surface area contributed by atoms with Gasteiger partial charge in [-0.25, -0.2) is 0 Å². The Labute approximate surface area is 125 Å². The number of anilines is 1. The second-order valence-corrected chi connectivity index (χ2v) is 6.54. The van der Waals surface area contributed by atoms with Crippen molar-refractivity contribution < 1.29 is 9.59 Å². The molecule has 5 nitrogen and oxygen atoms in total. The number of likely N-dealkylation sites (tertiary alicyclic amines) is 1. The van der Waals surface area contributed by atoms with Crippen molar-refractivity contribution >= 4 is 17.5 Å². The van der Waals surface area contributed by atoms with Crippen LogP contribution in [0.25, 0.3) is 0 Å². The second-order valence-electron chi connectivity index (χ2n) is 6.54. The average Bonchev–Trinajstić information content (AvgIpc) is 2.46. The number of aromatic nitrogens is 1. The van der Waals surface area contributed by atoms with Crippen LogP contribution >= 0.6 is 0 Å².